The molecule has 3 aromatic rings. The lowest BCUT2D eigenvalue weighted by Gasteiger charge is -2.20. The number of nitrogens with one attached hydrogen (secondary N) is 1. The molecule has 1 amide bonds. The van der Waals surface area contributed by atoms with Crippen molar-refractivity contribution in [1.29, 1.82) is 0 Å². The van der Waals surface area contributed by atoms with E-state index in [1.807, 2.05) is 37.3 Å². The molecule has 0 bridgehead atoms. The quantitative estimate of drug-likeness (QED) is 0.733. The summed E-state index contributed by atoms with van der Waals surface area (Å²) in [7, 11) is 0. The summed E-state index contributed by atoms with van der Waals surface area (Å²) < 4.78 is 13.7. The van der Waals surface area contributed by atoms with Gasteiger partial charge in [0, 0.05) is 30.5 Å². The molecule has 1 heterocycles. The van der Waals surface area contributed by atoms with E-state index in [1.54, 1.807) is 29.2 Å². The first-order chi connectivity index (χ1) is 12.7. The molecular weight excluding hydrogens is 331 g/mol. The lowest BCUT2D eigenvalue weighted by atomic mass is 10.2. The minimum absolute atomic E-state index is 0.213. The lowest BCUT2D eigenvalue weighted by molar-refractivity contribution is 0.0983. The first-order valence-electron chi connectivity index (χ1n) is 8.36. The second-order valence-electron chi connectivity index (χ2n) is 5.60. The molecule has 0 atom stereocenters. The van der Waals surface area contributed by atoms with Crippen molar-refractivity contribution in [2.45, 2.75) is 13.5 Å². The Morgan fingerprint density at radius 2 is 1.81 bits per heavy atom. The van der Waals surface area contributed by atoms with Gasteiger partial charge in [-0.3, -0.25) is 4.79 Å². The molecule has 0 aliphatic carbocycles. The van der Waals surface area contributed by atoms with Gasteiger partial charge in [0.15, 0.2) is 0 Å². The summed E-state index contributed by atoms with van der Waals surface area (Å²) in [5.74, 6) is -0.230. The zero-order valence-corrected chi connectivity index (χ0v) is 14.4. The fourth-order valence-corrected chi connectivity index (χ4v) is 2.57. The van der Waals surface area contributed by atoms with Gasteiger partial charge < -0.3 is 10.2 Å². The minimum Gasteiger partial charge on any atom is -0.350 e. The van der Waals surface area contributed by atoms with Crippen LogP contribution in [0.2, 0.25) is 0 Å². The molecule has 0 fully saturated rings. The van der Waals surface area contributed by atoms with Crippen LogP contribution < -0.4 is 10.2 Å². The van der Waals surface area contributed by atoms with Crippen molar-refractivity contribution in [3.63, 3.8) is 0 Å². The summed E-state index contributed by atoms with van der Waals surface area (Å²) in [6.45, 7) is 2.66. The average molecular weight is 350 g/mol. The van der Waals surface area contributed by atoms with Gasteiger partial charge in [-0.15, -0.1) is 0 Å². The van der Waals surface area contributed by atoms with Crippen molar-refractivity contribution in [2.75, 3.05) is 16.8 Å². The van der Waals surface area contributed by atoms with Gasteiger partial charge in [-0.25, -0.2) is 14.4 Å². The number of hydrogen-bond acceptors (Lipinski definition) is 4. The van der Waals surface area contributed by atoms with Gasteiger partial charge in [-0.1, -0.05) is 36.4 Å². The Morgan fingerprint density at radius 3 is 2.54 bits per heavy atom. The van der Waals surface area contributed by atoms with Gasteiger partial charge in [0.05, 0.1) is 0 Å². The summed E-state index contributed by atoms with van der Waals surface area (Å²) >= 11 is 0. The van der Waals surface area contributed by atoms with Crippen LogP contribution in [0, 0.1) is 5.82 Å². The maximum atomic E-state index is 13.7. The number of amides is 1. The van der Waals surface area contributed by atoms with Gasteiger partial charge in [0.1, 0.15) is 11.5 Å². The summed E-state index contributed by atoms with van der Waals surface area (Å²) in [5, 5.41) is 2.96. The molecule has 0 saturated heterocycles. The number of halogens is 1. The van der Waals surface area contributed by atoms with Gasteiger partial charge in [-0.2, -0.15) is 0 Å². The van der Waals surface area contributed by atoms with Crippen LogP contribution in [0.25, 0.3) is 0 Å². The van der Waals surface area contributed by atoms with E-state index >= 15 is 0 Å². The smallest absolute Gasteiger partial charge is 0.277 e. The molecule has 3 rings (SSSR count). The molecule has 0 aliphatic heterocycles. The van der Waals surface area contributed by atoms with Crippen LogP contribution in [-0.4, -0.2) is 22.4 Å². The average Bonchev–Trinajstić information content (AvgIpc) is 2.69. The number of carbonyl (C=O) groups excluding carboxylic acids is 1. The monoisotopic (exact) mass is 350 g/mol. The molecule has 1 N–H and O–H groups in total. The fourth-order valence-electron chi connectivity index (χ4n) is 2.57. The standard InChI is InChI=1S/C20H19FN4O/c1-2-25(16-9-4-3-5-10-16)19(26)18-12-13-22-20(24-18)23-14-15-8-6-7-11-17(15)21/h3-13H,2,14H2,1H3,(H,22,23,24). The molecule has 5 nitrogen and oxygen atoms in total. The van der Waals surface area contributed by atoms with E-state index in [4.69, 9.17) is 0 Å². The predicted molar refractivity (Wildman–Crippen MR) is 99.6 cm³/mol. The number of rotatable bonds is 6. The molecule has 0 radical (unpaired) electrons. The number of benzene rings is 2. The second kappa shape index (κ2) is 8.20. The van der Waals surface area contributed by atoms with Gasteiger partial charge in [0.2, 0.25) is 5.95 Å². The Bertz CT molecular complexity index is 886. The largest absolute Gasteiger partial charge is 0.350 e. The SMILES string of the molecule is CCN(C(=O)c1ccnc(NCc2ccccc2F)n1)c1ccccc1. The Kier molecular flexibility index (Phi) is 5.53. The zero-order valence-electron chi connectivity index (χ0n) is 14.4. The van der Waals surface area contributed by atoms with Crippen LogP contribution in [0.15, 0.2) is 66.9 Å². The van der Waals surface area contributed by atoms with E-state index in [1.165, 1.54) is 12.3 Å². The highest BCUT2D eigenvalue weighted by molar-refractivity contribution is 6.04. The minimum atomic E-state index is -0.298. The summed E-state index contributed by atoms with van der Waals surface area (Å²) in [6.07, 6.45) is 1.52. The van der Waals surface area contributed by atoms with Crippen molar-refractivity contribution < 1.29 is 9.18 Å². The lowest BCUT2D eigenvalue weighted by Crippen LogP contribution is -2.31. The number of carbonyl (C=O) groups is 1. The Balaban J connectivity index is 1.76. The Morgan fingerprint density at radius 1 is 1.08 bits per heavy atom. The van der Waals surface area contributed by atoms with Gasteiger partial charge >= 0.3 is 0 Å². The van der Waals surface area contributed by atoms with E-state index in [9.17, 15) is 9.18 Å². The number of nitrogens with zero attached hydrogens (tertiary/aromatic N) is 3. The third-order valence-corrected chi connectivity index (χ3v) is 3.90. The highest BCUT2D eigenvalue weighted by atomic mass is 19.1. The van der Waals surface area contributed by atoms with E-state index < -0.39 is 0 Å². The topological polar surface area (TPSA) is 58.1 Å². The molecule has 0 saturated carbocycles. The normalized spacial score (nSPS) is 10.4. The van der Waals surface area contributed by atoms with Crippen LogP contribution in [0.1, 0.15) is 23.0 Å². The highest BCUT2D eigenvalue weighted by Crippen LogP contribution is 2.16. The fraction of sp³-hybridized carbons (Fsp3) is 0.150. The third kappa shape index (κ3) is 4.03. The zero-order chi connectivity index (χ0) is 18.4. The Labute approximate surface area is 151 Å². The van der Waals surface area contributed by atoms with E-state index in [0.717, 1.165) is 5.69 Å². The van der Waals surface area contributed by atoms with Crippen LogP contribution in [0.5, 0.6) is 0 Å². The van der Waals surface area contributed by atoms with Crippen molar-refractivity contribution in [1.82, 2.24) is 9.97 Å². The molecule has 0 aliphatic rings. The van der Waals surface area contributed by atoms with E-state index in [0.29, 0.717) is 12.1 Å². The van der Waals surface area contributed by atoms with Crippen molar-refractivity contribution >= 4 is 17.5 Å². The van der Waals surface area contributed by atoms with Crippen LogP contribution >= 0.6 is 0 Å². The van der Waals surface area contributed by atoms with E-state index in [2.05, 4.69) is 15.3 Å². The van der Waals surface area contributed by atoms with Crippen LogP contribution in [0.4, 0.5) is 16.0 Å². The van der Waals surface area contributed by atoms with Gasteiger partial charge in [-0.05, 0) is 31.2 Å². The molecule has 26 heavy (non-hydrogen) atoms. The number of anilines is 2. The number of para-hydroxylation sites is 1. The second-order valence-corrected chi connectivity index (χ2v) is 5.60. The Hall–Kier alpha value is -3.28. The van der Waals surface area contributed by atoms with Crippen molar-refractivity contribution in [3.05, 3.63) is 83.9 Å². The first kappa shape index (κ1) is 17.5. The number of hydrogen-bond donors (Lipinski definition) is 1. The molecular formula is C20H19FN4O. The molecule has 1 aromatic heterocycles. The maximum absolute atomic E-state index is 13.7. The van der Waals surface area contributed by atoms with Crippen LogP contribution in [-0.2, 0) is 6.54 Å². The van der Waals surface area contributed by atoms with Crippen molar-refractivity contribution in [2.24, 2.45) is 0 Å². The molecule has 132 valence electrons. The van der Waals surface area contributed by atoms with Crippen LogP contribution in [0.3, 0.4) is 0 Å². The number of aromatic nitrogens is 2. The molecule has 6 heteroatoms. The summed E-state index contributed by atoms with van der Waals surface area (Å²) in [5.41, 5.74) is 1.59. The third-order valence-electron chi connectivity index (χ3n) is 3.90. The molecule has 0 spiro atoms. The van der Waals surface area contributed by atoms with Gasteiger partial charge in [0.25, 0.3) is 5.91 Å². The highest BCUT2D eigenvalue weighted by Gasteiger charge is 2.18. The summed E-state index contributed by atoms with van der Waals surface area (Å²) in [4.78, 5) is 22.8. The maximum Gasteiger partial charge on any atom is 0.277 e. The molecule has 0 unspecified atom stereocenters. The van der Waals surface area contributed by atoms with Crippen molar-refractivity contribution in [3.8, 4) is 0 Å². The predicted octanol–water partition coefficient (Wildman–Crippen LogP) is 3.89. The first-order valence-corrected chi connectivity index (χ1v) is 8.36. The summed E-state index contributed by atoms with van der Waals surface area (Å²) in [6, 6.07) is 17.5. The van der Waals surface area contributed by atoms with E-state index in [-0.39, 0.29) is 29.9 Å². The molecule has 2 aromatic carbocycles.